The molecule has 1 aliphatic heterocycles. The molecule has 1 aromatic rings. The van der Waals surface area contributed by atoms with Crippen molar-refractivity contribution in [1.29, 1.82) is 0 Å². The number of hydrogen-bond donors (Lipinski definition) is 1. The molecular formula is C16H24N2OS. The second-order valence-corrected chi connectivity index (χ2v) is 7.34. The summed E-state index contributed by atoms with van der Waals surface area (Å²) in [5.41, 5.74) is 6.21. The number of hydrogen-bond acceptors (Lipinski definition) is 3. The first kappa shape index (κ1) is 14.1. The largest absolute Gasteiger partial charge is 0.335 e. The number of thiophene rings is 1. The number of nitrogens with zero attached hydrogens (tertiary/aromatic N) is 1. The normalized spacial score (nSPS) is 25.9. The number of carbonyl (C=O) groups is 1. The van der Waals surface area contributed by atoms with E-state index in [2.05, 4.69) is 22.4 Å². The van der Waals surface area contributed by atoms with Gasteiger partial charge in [-0.15, -0.1) is 11.3 Å². The summed E-state index contributed by atoms with van der Waals surface area (Å²) in [7, 11) is 0. The van der Waals surface area contributed by atoms with Gasteiger partial charge < -0.3 is 10.6 Å². The van der Waals surface area contributed by atoms with E-state index in [4.69, 9.17) is 5.73 Å². The second-order valence-electron chi connectivity index (χ2n) is 6.36. The Morgan fingerprint density at radius 3 is 2.85 bits per heavy atom. The molecule has 1 unspecified atom stereocenters. The third kappa shape index (κ3) is 2.91. The molecule has 3 rings (SSSR count). The molecule has 2 N–H and O–H groups in total. The van der Waals surface area contributed by atoms with Crippen LogP contribution in [0.5, 0.6) is 0 Å². The average Bonchev–Trinajstić information content (AvgIpc) is 3.10. The Morgan fingerprint density at radius 2 is 2.15 bits per heavy atom. The first-order chi connectivity index (χ1) is 9.68. The lowest BCUT2D eigenvalue weighted by Crippen LogP contribution is -2.46. The first-order valence-corrected chi connectivity index (χ1v) is 8.68. The molecule has 1 atom stereocenters. The molecular weight excluding hydrogens is 268 g/mol. The van der Waals surface area contributed by atoms with Crippen molar-refractivity contribution in [3.63, 3.8) is 0 Å². The zero-order valence-electron chi connectivity index (χ0n) is 12.0. The second kappa shape index (κ2) is 5.86. The summed E-state index contributed by atoms with van der Waals surface area (Å²) < 4.78 is 0. The van der Waals surface area contributed by atoms with E-state index in [1.54, 1.807) is 11.3 Å². The van der Waals surface area contributed by atoms with Gasteiger partial charge in [0.2, 0.25) is 5.91 Å². The van der Waals surface area contributed by atoms with Crippen LogP contribution in [0.3, 0.4) is 0 Å². The highest BCUT2D eigenvalue weighted by molar-refractivity contribution is 7.10. The van der Waals surface area contributed by atoms with Gasteiger partial charge in [-0.2, -0.15) is 0 Å². The first-order valence-electron chi connectivity index (χ1n) is 7.80. The predicted octanol–water partition coefficient (Wildman–Crippen LogP) is 3.46. The van der Waals surface area contributed by atoms with E-state index < -0.39 is 0 Å². The molecule has 1 saturated heterocycles. The highest BCUT2D eigenvalue weighted by atomic mass is 32.1. The Balaban J connectivity index is 1.67. The van der Waals surface area contributed by atoms with Crippen LogP contribution in [-0.4, -0.2) is 22.9 Å². The SMILES string of the molecule is NC1(CC(=O)N2CCCC2c2cccs2)CCCCC1. The summed E-state index contributed by atoms with van der Waals surface area (Å²) in [6.07, 6.45) is 8.40. The summed E-state index contributed by atoms with van der Waals surface area (Å²) in [6.45, 7) is 0.900. The van der Waals surface area contributed by atoms with Crippen LogP contribution in [0.15, 0.2) is 17.5 Å². The van der Waals surface area contributed by atoms with Crippen LogP contribution in [0.1, 0.15) is 62.3 Å². The quantitative estimate of drug-likeness (QED) is 0.927. The molecule has 2 heterocycles. The third-order valence-electron chi connectivity index (χ3n) is 4.80. The Kier molecular flexibility index (Phi) is 4.13. The number of likely N-dealkylation sites (tertiary alicyclic amines) is 1. The number of nitrogens with two attached hydrogens (primary N) is 1. The maximum atomic E-state index is 12.7. The maximum absolute atomic E-state index is 12.7. The van der Waals surface area contributed by atoms with Gasteiger partial charge in [0.05, 0.1) is 6.04 Å². The van der Waals surface area contributed by atoms with Crippen LogP contribution in [0.4, 0.5) is 0 Å². The van der Waals surface area contributed by atoms with Gasteiger partial charge in [0, 0.05) is 23.4 Å². The van der Waals surface area contributed by atoms with E-state index in [9.17, 15) is 4.79 Å². The molecule has 4 heteroatoms. The van der Waals surface area contributed by atoms with E-state index in [1.807, 2.05) is 0 Å². The van der Waals surface area contributed by atoms with Gasteiger partial charge in [-0.3, -0.25) is 4.79 Å². The lowest BCUT2D eigenvalue weighted by Gasteiger charge is -2.35. The van der Waals surface area contributed by atoms with E-state index in [0.29, 0.717) is 12.5 Å². The molecule has 1 amide bonds. The van der Waals surface area contributed by atoms with Crippen molar-refractivity contribution in [2.75, 3.05) is 6.54 Å². The van der Waals surface area contributed by atoms with Crippen molar-refractivity contribution in [3.8, 4) is 0 Å². The summed E-state index contributed by atoms with van der Waals surface area (Å²) in [5.74, 6) is 0.269. The topological polar surface area (TPSA) is 46.3 Å². The van der Waals surface area contributed by atoms with E-state index in [-0.39, 0.29) is 11.4 Å². The fraction of sp³-hybridized carbons (Fsp3) is 0.688. The Hall–Kier alpha value is -0.870. The number of carbonyl (C=O) groups excluding carboxylic acids is 1. The molecule has 1 aliphatic carbocycles. The summed E-state index contributed by atoms with van der Waals surface area (Å²) in [5, 5.41) is 2.10. The van der Waals surface area contributed by atoms with E-state index in [0.717, 1.165) is 32.2 Å². The number of rotatable bonds is 3. The minimum absolute atomic E-state index is 0.238. The molecule has 2 fully saturated rings. The molecule has 2 aliphatic rings. The summed E-state index contributed by atoms with van der Waals surface area (Å²) in [6, 6.07) is 4.53. The monoisotopic (exact) mass is 292 g/mol. The molecule has 0 radical (unpaired) electrons. The lowest BCUT2D eigenvalue weighted by atomic mass is 9.80. The third-order valence-corrected chi connectivity index (χ3v) is 5.77. The molecule has 20 heavy (non-hydrogen) atoms. The number of amides is 1. The van der Waals surface area contributed by atoms with Crippen LogP contribution in [0, 0.1) is 0 Å². The summed E-state index contributed by atoms with van der Waals surface area (Å²) >= 11 is 1.76. The fourth-order valence-electron chi connectivity index (χ4n) is 3.68. The standard InChI is InChI=1S/C16H24N2OS/c17-16(8-2-1-3-9-16)12-15(19)18-10-4-6-13(18)14-7-5-11-20-14/h5,7,11,13H,1-4,6,8-10,12,17H2. The molecule has 0 aromatic carbocycles. The van der Waals surface area contributed by atoms with Crippen molar-refractivity contribution in [2.24, 2.45) is 5.73 Å². The Bertz CT molecular complexity index is 451. The van der Waals surface area contributed by atoms with Crippen molar-refractivity contribution < 1.29 is 4.79 Å². The van der Waals surface area contributed by atoms with Gasteiger partial charge in [0.25, 0.3) is 0 Å². The highest BCUT2D eigenvalue weighted by Crippen LogP contribution is 2.36. The molecule has 1 aromatic heterocycles. The van der Waals surface area contributed by atoms with Crippen LogP contribution in [-0.2, 0) is 4.79 Å². The van der Waals surface area contributed by atoms with E-state index in [1.165, 1.54) is 24.1 Å². The Morgan fingerprint density at radius 1 is 1.35 bits per heavy atom. The van der Waals surface area contributed by atoms with Crippen LogP contribution >= 0.6 is 11.3 Å². The van der Waals surface area contributed by atoms with Gasteiger partial charge in [-0.25, -0.2) is 0 Å². The molecule has 0 bridgehead atoms. The van der Waals surface area contributed by atoms with Crippen LogP contribution in [0.25, 0.3) is 0 Å². The minimum Gasteiger partial charge on any atom is -0.335 e. The smallest absolute Gasteiger partial charge is 0.224 e. The summed E-state index contributed by atoms with van der Waals surface area (Å²) in [4.78, 5) is 16.1. The van der Waals surface area contributed by atoms with Crippen molar-refractivity contribution in [2.45, 2.75) is 62.9 Å². The maximum Gasteiger partial charge on any atom is 0.224 e. The fourth-order valence-corrected chi connectivity index (χ4v) is 4.55. The van der Waals surface area contributed by atoms with Gasteiger partial charge in [0.15, 0.2) is 0 Å². The van der Waals surface area contributed by atoms with E-state index >= 15 is 0 Å². The van der Waals surface area contributed by atoms with Crippen LogP contribution in [0.2, 0.25) is 0 Å². The zero-order valence-corrected chi connectivity index (χ0v) is 12.8. The van der Waals surface area contributed by atoms with Crippen molar-refractivity contribution in [1.82, 2.24) is 4.90 Å². The molecule has 0 spiro atoms. The van der Waals surface area contributed by atoms with Gasteiger partial charge in [-0.1, -0.05) is 25.3 Å². The highest BCUT2D eigenvalue weighted by Gasteiger charge is 2.36. The Labute approximate surface area is 125 Å². The van der Waals surface area contributed by atoms with Crippen LogP contribution < -0.4 is 5.73 Å². The van der Waals surface area contributed by atoms with Crippen molar-refractivity contribution >= 4 is 17.2 Å². The molecule has 1 saturated carbocycles. The average molecular weight is 292 g/mol. The molecule has 3 nitrogen and oxygen atoms in total. The van der Waals surface area contributed by atoms with Gasteiger partial charge in [0.1, 0.15) is 0 Å². The zero-order chi connectivity index (χ0) is 14.0. The predicted molar refractivity (Wildman–Crippen MR) is 82.6 cm³/mol. The lowest BCUT2D eigenvalue weighted by molar-refractivity contribution is -0.133. The van der Waals surface area contributed by atoms with Gasteiger partial charge in [-0.05, 0) is 37.1 Å². The molecule has 110 valence electrons. The van der Waals surface area contributed by atoms with Crippen molar-refractivity contribution in [3.05, 3.63) is 22.4 Å². The van der Waals surface area contributed by atoms with Gasteiger partial charge >= 0.3 is 0 Å². The minimum atomic E-state index is -0.238.